The Labute approximate surface area is 372 Å². The van der Waals surface area contributed by atoms with Crippen LogP contribution in [0.3, 0.4) is 0 Å². The minimum Gasteiger partial charge on any atom is -0.487 e. The van der Waals surface area contributed by atoms with E-state index in [2.05, 4.69) is 50.5 Å². The first-order chi connectivity index (χ1) is 30.0. The van der Waals surface area contributed by atoms with Crippen molar-refractivity contribution in [3.05, 3.63) is 117 Å². The van der Waals surface area contributed by atoms with E-state index in [1.165, 1.54) is 41.1 Å². The van der Waals surface area contributed by atoms with Crippen LogP contribution in [0.5, 0.6) is 17.2 Å². The van der Waals surface area contributed by atoms with E-state index in [0.717, 1.165) is 80.6 Å². The number of ether oxygens (including phenoxy) is 3. The zero-order valence-electron chi connectivity index (χ0n) is 36.0. The maximum Gasteiger partial charge on any atom is 0.312 e. The number of sulfonamides is 1. The monoisotopic (exact) mass is 896 g/mol. The van der Waals surface area contributed by atoms with E-state index in [-0.39, 0.29) is 40.6 Å². The smallest absolute Gasteiger partial charge is 0.312 e. The molecule has 0 spiro atoms. The normalized spacial score (nSPS) is 19.2. The predicted molar refractivity (Wildman–Crippen MR) is 243 cm³/mol. The Balaban J connectivity index is 0.998. The van der Waals surface area contributed by atoms with Gasteiger partial charge in [-0.15, -0.1) is 0 Å². The molecule has 0 bridgehead atoms. The standard InChI is InChI=1S/C47H53ClN6O8S/c1-46(2)16-13-34(40(27-46)32-5-7-35(48)8-6-32)29-52-18-20-53(21-19-52)36-9-11-39(43(24-36)62-37-23-33-14-17-49-44(33)50-28-37)45(55)51-63(58,59)38-10-12-42(41(25-38)54(56)57)60-30-31-15-22-61-47(3,4)26-31/h5-12,14,17,23-25,28,31H,13,15-16,18-22,26-27,29-30H2,1-4H3,(H,49,50)(H,51,55). The summed E-state index contributed by atoms with van der Waals surface area (Å²) in [7, 11) is -4.60. The first kappa shape index (κ1) is 44.1. The van der Waals surface area contributed by atoms with Gasteiger partial charge in [0.25, 0.3) is 15.9 Å². The van der Waals surface area contributed by atoms with Gasteiger partial charge in [0.1, 0.15) is 17.1 Å². The van der Waals surface area contributed by atoms with Gasteiger partial charge in [-0.05, 0) is 117 Å². The minimum absolute atomic E-state index is 0.0501. The Hall–Kier alpha value is -5.48. The Morgan fingerprint density at radius 3 is 2.54 bits per heavy atom. The molecule has 2 N–H and O–H groups in total. The summed E-state index contributed by atoms with van der Waals surface area (Å²) in [6.07, 6.45) is 7.91. The molecule has 63 heavy (non-hydrogen) atoms. The summed E-state index contributed by atoms with van der Waals surface area (Å²) in [4.78, 5) is 37.1. The molecule has 2 aliphatic heterocycles. The number of aromatic amines is 1. The van der Waals surface area contributed by atoms with Gasteiger partial charge in [-0.2, -0.15) is 0 Å². The summed E-state index contributed by atoms with van der Waals surface area (Å²) in [5.74, 6) is -0.462. The zero-order valence-corrected chi connectivity index (χ0v) is 37.6. The highest BCUT2D eigenvalue weighted by molar-refractivity contribution is 7.90. The fourth-order valence-corrected chi connectivity index (χ4v) is 9.96. The fraction of sp³-hybridized carbons (Fsp3) is 0.404. The highest BCUT2D eigenvalue weighted by Crippen LogP contribution is 2.44. The summed E-state index contributed by atoms with van der Waals surface area (Å²) < 4.78 is 47.5. The molecule has 3 aromatic carbocycles. The second-order valence-electron chi connectivity index (χ2n) is 18.2. The number of fused-ring (bicyclic) bond motifs is 1. The molecular weight excluding hydrogens is 844 g/mol. The number of piperazine rings is 1. The number of halogens is 1. The van der Waals surface area contributed by atoms with Crippen LogP contribution in [0.1, 0.15) is 75.7 Å². The molecular formula is C47H53ClN6O8S. The number of hydrogen-bond acceptors (Lipinski definition) is 11. The molecule has 5 aromatic rings. The molecule has 1 unspecified atom stereocenters. The van der Waals surface area contributed by atoms with Gasteiger partial charge in [0, 0.05) is 73.8 Å². The second-order valence-corrected chi connectivity index (χ2v) is 20.3. The van der Waals surface area contributed by atoms with Crippen molar-refractivity contribution in [3.63, 3.8) is 0 Å². The number of rotatable bonds is 13. The van der Waals surface area contributed by atoms with Crippen molar-refractivity contribution in [2.24, 2.45) is 11.3 Å². The lowest BCUT2D eigenvalue weighted by Gasteiger charge is -2.39. The van der Waals surface area contributed by atoms with Crippen LogP contribution in [0.2, 0.25) is 5.02 Å². The van der Waals surface area contributed by atoms with Gasteiger partial charge in [-0.3, -0.25) is 19.8 Å². The fourth-order valence-electron chi connectivity index (χ4n) is 8.85. The number of nitrogens with zero attached hydrogens (tertiary/aromatic N) is 4. The van der Waals surface area contributed by atoms with Crippen LogP contribution < -0.4 is 19.1 Å². The van der Waals surface area contributed by atoms with Crippen molar-refractivity contribution in [2.75, 3.05) is 50.8 Å². The molecule has 14 nitrogen and oxygen atoms in total. The lowest BCUT2D eigenvalue weighted by Crippen LogP contribution is -2.47. The number of H-pyrrole nitrogens is 1. The van der Waals surface area contributed by atoms with Crippen LogP contribution in [0.25, 0.3) is 16.6 Å². The molecule has 1 aliphatic carbocycles. The Kier molecular flexibility index (Phi) is 12.6. The topological polar surface area (TPSA) is 169 Å². The van der Waals surface area contributed by atoms with Crippen LogP contribution in [-0.2, 0) is 14.8 Å². The molecule has 2 aromatic heterocycles. The van der Waals surface area contributed by atoms with Gasteiger partial charge in [-0.25, -0.2) is 18.1 Å². The summed E-state index contributed by atoms with van der Waals surface area (Å²) in [5.41, 5.74) is 4.86. The van der Waals surface area contributed by atoms with E-state index in [4.69, 9.17) is 25.8 Å². The van der Waals surface area contributed by atoms with Crippen molar-refractivity contribution in [3.8, 4) is 17.2 Å². The zero-order chi connectivity index (χ0) is 44.5. The van der Waals surface area contributed by atoms with Crippen LogP contribution in [-0.4, -0.2) is 85.7 Å². The number of pyridine rings is 1. The van der Waals surface area contributed by atoms with Gasteiger partial charge in [0.15, 0.2) is 5.75 Å². The number of aromatic nitrogens is 2. The molecule has 8 rings (SSSR count). The molecule has 0 saturated carbocycles. The summed E-state index contributed by atoms with van der Waals surface area (Å²) in [6, 6.07) is 20.2. The molecule has 1 atom stereocenters. The van der Waals surface area contributed by atoms with E-state index < -0.39 is 31.4 Å². The maximum absolute atomic E-state index is 13.9. The summed E-state index contributed by atoms with van der Waals surface area (Å²) in [5, 5.41) is 13.6. The van der Waals surface area contributed by atoms with Gasteiger partial charge < -0.3 is 24.1 Å². The van der Waals surface area contributed by atoms with Crippen molar-refractivity contribution < 1.29 is 32.3 Å². The highest BCUT2D eigenvalue weighted by atomic mass is 35.5. The van der Waals surface area contributed by atoms with Gasteiger partial charge in [0.2, 0.25) is 0 Å². The molecule has 3 aliphatic rings. The highest BCUT2D eigenvalue weighted by Gasteiger charge is 2.32. The molecule has 332 valence electrons. The van der Waals surface area contributed by atoms with Crippen LogP contribution >= 0.6 is 11.6 Å². The second kappa shape index (κ2) is 17.9. The molecule has 0 radical (unpaired) electrons. The van der Waals surface area contributed by atoms with Crippen LogP contribution in [0.4, 0.5) is 11.4 Å². The number of amides is 1. The van der Waals surface area contributed by atoms with Crippen LogP contribution in [0.15, 0.2) is 95.7 Å². The average Bonchev–Trinajstić information content (AvgIpc) is 3.72. The number of hydrogen-bond donors (Lipinski definition) is 2. The van der Waals surface area contributed by atoms with E-state index >= 15 is 0 Å². The number of nitrogens with one attached hydrogen (secondary N) is 2. The first-order valence-electron chi connectivity index (χ1n) is 21.3. The summed E-state index contributed by atoms with van der Waals surface area (Å²) in [6.45, 7) is 13.3. The Morgan fingerprint density at radius 2 is 1.79 bits per heavy atom. The van der Waals surface area contributed by atoms with Crippen molar-refractivity contribution in [2.45, 2.75) is 70.3 Å². The average molecular weight is 897 g/mol. The van der Waals surface area contributed by atoms with E-state index in [9.17, 15) is 23.3 Å². The van der Waals surface area contributed by atoms with Gasteiger partial charge in [0.05, 0.1) is 33.8 Å². The van der Waals surface area contributed by atoms with Crippen molar-refractivity contribution >= 4 is 55.5 Å². The Morgan fingerprint density at radius 1 is 1.02 bits per heavy atom. The third-order valence-corrected chi connectivity index (χ3v) is 13.9. The molecule has 16 heteroatoms. The SMILES string of the molecule is CC1(C)CCC(CN2CCN(c3ccc(C(=O)NS(=O)(=O)c4ccc(OCC5CCOC(C)(C)C5)c([N+](=O)[O-])c4)c(Oc4cnc5[nH]ccc5c4)c3)CC2)=C(c2ccc(Cl)cc2)C1. The van der Waals surface area contributed by atoms with E-state index in [1.807, 2.05) is 32.0 Å². The van der Waals surface area contributed by atoms with Gasteiger partial charge >= 0.3 is 5.69 Å². The lowest BCUT2D eigenvalue weighted by molar-refractivity contribution is -0.386. The quantitative estimate of drug-likeness (QED) is 0.0853. The number of allylic oxidation sites excluding steroid dienone is 1. The largest absolute Gasteiger partial charge is 0.487 e. The summed E-state index contributed by atoms with van der Waals surface area (Å²) >= 11 is 6.24. The number of nitro groups is 1. The van der Waals surface area contributed by atoms with E-state index in [0.29, 0.717) is 24.4 Å². The molecule has 2 saturated heterocycles. The third kappa shape index (κ3) is 10.5. The lowest BCUT2D eigenvalue weighted by atomic mass is 9.72. The number of anilines is 1. The number of benzene rings is 3. The third-order valence-electron chi connectivity index (χ3n) is 12.3. The predicted octanol–water partition coefficient (Wildman–Crippen LogP) is 9.41. The Bertz CT molecular complexity index is 2660. The van der Waals surface area contributed by atoms with Crippen LogP contribution in [0, 0.1) is 21.4 Å². The van der Waals surface area contributed by atoms with Gasteiger partial charge in [-0.1, -0.05) is 43.2 Å². The molecule has 2 fully saturated rings. The molecule has 4 heterocycles. The maximum atomic E-state index is 13.9. The van der Waals surface area contributed by atoms with E-state index in [1.54, 1.807) is 24.4 Å². The number of carbonyl (C=O) groups is 1. The minimum atomic E-state index is -4.60. The first-order valence-corrected chi connectivity index (χ1v) is 23.2. The molecule has 1 amide bonds. The van der Waals surface area contributed by atoms with Crippen molar-refractivity contribution in [1.29, 1.82) is 0 Å². The number of nitro benzene ring substituents is 1. The van der Waals surface area contributed by atoms with Crippen molar-refractivity contribution in [1.82, 2.24) is 19.6 Å². The number of carbonyl (C=O) groups excluding carboxylic acids is 1.